The van der Waals surface area contributed by atoms with Crippen molar-refractivity contribution in [3.05, 3.63) is 0 Å². The molecule has 17 heavy (non-hydrogen) atoms. The van der Waals surface area contributed by atoms with Gasteiger partial charge < -0.3 is 5.32 Å². The summed E-state index contributed by atoms with van der Waals surface area (Å²) in [7, 11) is -3.07. The summed E-state index contributed by atoms with van der Waals surface area (Å²) in [5.74, 6) is 0.916. The summed E-state index contributed by atoms with van der Waals surface area (Å²) in [6.45, 7) is 5.07. The monoisotopic (exact) mass is 262 g/mol. The molecule has 0 aromatic carbocycles. The molecule has 0 spiro atoms. The minimum atomic E-state index is -3.07. The van der Waals surface area contributed by atoms with Crippen LogP contribution < -0.4 is 10.0 Å². The summed E-state index contributed by atoms with van der Waals surface area (Å²) in [5, 5.41) is 3.42. The first-order valence-corrected chi connectivity index (χ1v) is 8.45. The molecule has 0 amide bonds. The average molecular weight is 262 g/mol. The van der Waals surface area contributed by atoms with Crippen LogP contribution in [0.25, 0.3) is 0 Å². The van der Waals surface area contributed by atoms with E-state index < -0.39 is 10.0 Å². The van der Waals surface area contributed by atoms with Crippen LogP contribution in [0.15, 0.2) is 0 Å². The van der Waals surface area contributed by atoms with E-state index in [2.05, 4.69) is 17.0 Å². The zero-order valence-corrected chi connectivity index (χ0v) is 11.9. The molecule has 2 N–H and O–H groups in total. The normalized spacial score (nSPS) is 26.0. The number of hydrogen-bond acceptors (Lipinski definition) is 3. The molecule has 1 aliphatic carbocycles. The molecule has 0 aliphatic heterocycles. The highest BCUT2D eigenvalue weighted by Gasteiger charge is 2.23. The van der Waals surface area contributed by atoms with Crippen molar-refractivity contribution in [1.29, 1.82) is 0 Å². The fourth-order valence-electron chi connectivity index (χ4n) is 2.64. The first-order valence-electron chi connectivity index (χ1n) is 6.79. The number of rotatable bonds is 7. The maximum absolute atomic E-state index is 11.5. The lowest BCUT2D eigenvalue weighted by atomic mass is 9.83. The van der Waals surface area contributed by atoms with Gasteiger partial charge in [0.15, 0.2) is 0 Å². The number of sulfonamides is 1. The molecule has 2 unspecified atom stereocenters. The third-order valence-electron chi connectivity index (χ3n) is 3.58. The molecule has 102 valence electrons. The summed E-state index contributed by atoms with van der Waals surface area (Å²) in [4.78, 5) is 0. The summed E-state index contributed by atoms with van der Waals surface area (Å²) in [6.07, 6.45) is 6.27. The van der Waals surface area contributed by atoms with Crippen LogP contribution in [-0.2, 0) is 10.0 Å². The molecule has 0 aromatic heterocycles. The topological polar surface area (TPSA) is 58.2 Å². The fraction of sp³-hybridized carbons (Fsp3) is 1.00. The smallest absolute Gasteiger partial charge is 0.212 e. The predicted octanol–water partition coefficient (Wildman–Crippen LogP) is 1.48. The quantitative estimate of drug-likeness (QED) is 0.731. The SMILES string of the molecule is CCNS(=O)(=O)CCNC1CCCCC1CC. The van der Waals surface area contributed by atoms with Gasteiger partial charge in [-0.25, -0.2) is 13.1 Å². The van der Waals surface area contributed by atoms with Gasteiger partial charge in [0, 0.05) is 19.1 Å². The Balaban J connectivity index is 2.29. The van der Waals surface area contributed by atoms with Crippen LogP contribution in [0.5, 0.6) is 0 Å². The van der Waals surface area contributed by atoms with E-state index in [1.165, 1.54) is 32.1 Å². The van der Waals surface area contributed by atoms with Gasteiger partial charge in [0.25, 0.3) is 0 Å². The summed E-state index contributed by atoms with van der Waals surface area (Å²) in [6, 6.07) is 0.519. The standard InChI is InChI=1S/C12H26N2O2S/c1-3-11-7-5-6-8-12(11)13-9-10-17(15,16)14-4-2/h11-14H,3-10H2,1-2H3. The van der Waals surface area contributed by atoms with E-state index in [0.29, 0.717) is 19.1 Å². The summed E-state index contributed by atoms with van der Waals surface area (Å²) in [5.41, 5.74) is 0. The Kier molecular flexibility index (Phi) is 6.44. The Morgan fingerprint density at radius 1 is 1.18 bits per heavy atom. The summed E-state index contributed by atoms with van der Waals surface area (Å²) < 4.78 is 25.5. The highest BCUT2D eigenvalue weighted by molar-refractivity contribution is 7.89. The number of nitrogens with one attached hydrogen (secondary N) is 2. The van der Waals surface area contributed by atoms with E-state index in [1.807, 2.05) is 0 Å². The van der Waals surface area contributed by atoms with Crippen LogP contribution in [0.2, 0.25) is 0 Å². The maximum Gasteiger partial charge on any atom is 0.212 e. The zero-order chi connectivity index (χ0) is 12.7. The van der Waals surface area contributed by atoms with Crippen molar-refractivity contribution in [2.24, 2.45) is 5.92 Å². The first-order chi connectivity index (χ1) is 8.09. The lowest BCUT2D eigenvalue weighted by Crippen LogP contribution is -2.41. The van der Waals surface area contributed by atoms with Gasteiger partial charge in [-0.2, -0.15) is 0 Å². The first kappa shape index (κ1) is 14.9. The van der Waals surface area contributed by atoms with E-state index in [-0.39, 0.29) is 5.75 Å². The number of hydrogen-bond donors (Lipinski definition) is 2. The van der Waals surface area contributed by atoms with Gasteiger partial charge in [0.2, 0.25) is 10.0 Å². The lowest BCUT2D eigenvalue weighted by molar-refractivity contribution is 0.259. The van der Waals surface area contributed by atoms with Crippen molar-refractivity contribution in [3.8, 4) is 0 Å². The third kappa shape index (κ3) is 5.36. The highest BCUT2D eigenvalue weighted by Crippen LogP contribution is 2.26. The van der Waals surface area contributed by atoms with Crippen LogP contribution in [0, 0.1) is 5.92 Å². The molecule has 4 nitrogen and oxygen atoms in total. The molecule has 1 saturated carbocycles. The van der Waals surface area contributed by atoms with E-state index in [9.17, 15) is 8.42 Å². The Hall–Kier alpha value is -0.130. The molecule has 1 rings (SSSR count). The van der Waals surface area contributed by atoms with Gasteiger partial charge in [-0.05, 0) is 18.8 Å². The van der Waals surface area contributed by atoms with Crippen LogP contribution in [0.4, 0.5) is 0 Å². The van der Waals surface area contributed by atoms with E-state index in [4.69, 9.17) is 0 Å². The predicted molar refractivity (Wildman–Crippen MR) is 71.5 cm³/mol. The second-order valence-corrected chi connectivity index (χ2v) is 6.76. The minimum absolute atomic E-state index is 0.188. The van der Waals surface area contributed by atoms with E-state index in [1.54, 1.807) is 6.92 Å². The van der Waals surface area contributed by atoms with Gasteiger partial charge in [0.05, 0.1) is 5.75 Å². The van der Waals surface area contributed by atoms with E-state index in [0.717, 1.165) is 5.92 Å². The molecule has 1 aliphatic rings. The zero-order valence-electron chi connectivity index (χ0n) is 11.0. The Bertz CT molecular complexity index is 304. The Labute approximate surface area is 106 Å². The average Bonchev–Trinajstić information content (AvgIpc) is 2.29. The van der Waals surface area contributed by atoms with Gasteiger partial charge in [0.1, 0.15) is 0 Å². The van der Waals surface area contributed by atoms with Crippen LogP contribution >= 0.6 is 0 Å². The second-order valence-electron chi connectivity index (χ2n) is 4.83. The van der Waals surface area contributed by atoms with Gasteiger partial charge in [-0.1, -0.05) is 33.1 Å². The van der Waals surface area contributed by atoms with Crippen molar-refractivity contribution in [2.45, 2.75) is 52.0 Å². The van der Waals surface area contributed by atoms with Gasteiger partial charge in [-0.3, -0.25) is 0 Å². The Morgan fingerprint density at radius 2 is 1.88 bits per heavy atom. The van der Waals surface area contributed by atoms with Crippen LogP contribution in [0.3, 0.4) is 0 Å². The molecule has 0 aromatic rings. The molecular weight excluding hydrogens is 236 g/mol. The van der Waals surface area contributed by atoms with Crippen molar-refractivity contribution in [2.75, 3.05) is 18.8 Å². The molecular formula is C12H26N2O2S. The third-order valence-corrected chi connectivity index (χ3v) is 5.05. The second kappa shape index (κ2) is 7.34. The van der Waals surface area contributed by atoms with Gasteiger partial charge in [-0.15, -0.1) is 0 Å². The van der Waals surface area contributed by atoms with Crippen molar-refractivity contribution < 1.29 is 8.42 Å². The molecule has 2 atom stereocenters. The van der Waals surface area contributed by atoms with Crippen molar-refractivity contribution >= 4 is 10.0 Å². The summed E-state index contributed by atoms with van der Waals surface area (Å²) >= 11 is 0. The largest absolute Gasteiger partial charge is 0.313 e. The van der Waals surface area contributed by atoms with Crippen LogP contribution in [0.1, 0.15) is 46.0 Å². The molecule has 0 radical (unpaired) electrons. The Morgan fingerprint density at radius 3 is 2.53 bits per heavy atom. The minimum Gasteiger partial charge on any atom is -0.313 e. The fourth-order valence-corrected chi connectivity index (χ4v) is 3.61. The van der Waals surface area contributed by atoms with Crippen molar-refractivity contribution in [3.63, 3.8) is 0 Å². The van der Waals surface area contributed by atoms with E-state index >= 15 is 0 Å². The molecule has 0 saturated heterocycles. The van der Waals surface area contributed by atoms with Crippen LogP contribution in [-0.4, -0.2) is 33.3 Å². The molecule has 5 heteroatoms. The van der Waals surface area contributed by atoms with Gasteiger partial charge >= 0.3 is 0 Å². The molecule has 1 fully saturated rings. The molecule has 0 bridgehead atoms. The maximum atomic E-state index is 11.5. The van der Waals surface area contributed by atoms with Crippen molar-refractivity contribution in [1.82, 2.24) is 10.0 Å². The lowest BCUT2D eigenvalue weighted by Gasteiger charge is -2.31. The molecule has 0 heterocycles. The highest BCUT2D eigenvalue weighted by atomic mass is 32.2.